The van der Waals surface area contributed by atoms with Gasteiger partial charge in [-0.05, 0) is 73.4 Å². The number of aryl methyl sites for hydroxylation is 1. The third-order valence-electron chi connectivity index (χ3n) is 6.17. The molecule has 0 saturated carbocycles. The largest absolute Gasteiger partial charge is 0.497 e. The summed E-state index contributed by atoms with van der Waals surface area (Å²) in [5, 5.41) is 2.85. The molecule has 0 amide bonds. The van der Waals surface area contributed by atoms with Crippen molar-refractivity contribution in [3.05, 3.63) is 53.3 Å². The van der Waals surface area contributed by atoms with Crippen molar-refractivity contribution in [3.8, 4) is 5.75 Å². The van der Waals surface area contributed by atoms with Crippen LogP contribution in [0.5, 0.6) is 5.75 Å². The van der Waals surface area contributed by atoms with Crippen LogP contribution in [0, 0.1) is 11.7 Å². The highest BCUT2D eigenvalue weighted by molar-refractivity contribution is 8.01. The normalized spacial score (nSPS) is 16.6. The number of carbonyl (C=O) groups excluding carboxylic acids is 1. The number of ether oxygens (including phenoxy) is 2. The second-order valence-corrected chi connectivity index (χ2v) is 10.9. The number of thiophene rings is 1. The summed E-state index contributed by atoms with van der Waals surface area (Å²) >= 11 is 3.68. The molecule has 2 aromatic heterocycles. The Morgan fingerprint density at radius 3 is 3.09 bits per heavy atom. The number of nitrogens with zero attached hydrogens (tertiary/aromatic N) is 2. The number of methoxy groups -OCH3 is 1. The summed E-state index contributed by atoms with van der Waals surface area (Å²) in [7, 11) is 1.59. The number of rotatable bonds is 11. The van der Waals surface area contributed by atoms with E-state index in [0.29, 0.717) is 43.1 Å². The number of hydrogen-bond acceptors (Lipinski definition) is 7. The molecular weight excluding hydrogens is 471 g/mol. The summed E-state index contributed by atoms with van der Waals surface area (Å²) in [4.78, 5) is 19.0. The van der Waals surface area contributed by atoms with Crippen LogP contribution in [0.4, 0.5) is 4.39 Å². The standard InChI is InChI=1S/C26H31FN2O3S2/c1-31-20-8-9-24-22(16-20)21(23(27)17-28-24)6-3-12-32-25(30)15-19-5-2-10-29(18-19)11-14-34-26-7-4-13-33-26/h4,7-9,13,16-17,19H,2-3,5-6,10-12,14-15,18H2,1H3. The molecule has 0 bridgehead atoms. The fourth-order valence-electron chi connectivity index (χ4n) is 4.45. The molecule has 1 atom stereocenters. The highest BCUT2D eigenvalue weighted by Crippen LogP contribution is 2.26. The topological polar surface area (TPSA) is 51.7 Å². The third kappa shape index (κ3) is 6.93. The van der Waals surface area contributed by atoms with Crippen molar-refractivity contribution < 1.29 is 18.7 Å². The summed E-state index contributed by atoms with van der Waals surface area (Å²) in [5.74, 6) is 1.60. The number of benzene rings is 1. The third-order valence-corrected chi connectivity index (χ3v) is 8.28. The van der Waals surface area contributed by atoms with Crippen molar-refractivity contribution in [1.29, 1.82) is 0 Å². The van der Waals surface area contributed by atoms with Gasteiger partial charge in [0.2, 0.25) is 0 Å². The summed E-state index contributed by atoms with van der Waals surface area (Å²) in [6.45, 7) is 3.40. The van der Waals surface area contributed by atoms with Gasteiger partial charge in [-0.1, -0.05) is 6.07 Å². The maximum absolute atomic E-state index is 14.4. The minimum absolute atomic E-state index is 0.151. The molecule has 0 radical (unpaired) electrons. The van der Waals surface area contributed by atoms with Gasteiger partial charge in [-0.2, -0.15) is 0 Å². The molecule has 34 heavy (non-hydrogen) atoms. The van der Waals surface area contributed by atoms with Crippen molar-refractivity contribution in [2.45, 2.75) is 36.3 Å². The molecule has 8 heteroatoms. The Labute approximate surface area is 208 Å². The first-order chi connectivity index (χ1) is 16.6. The molecule has 1 unspecified atom stereocenters. The number of hydrogen-bond donors (Lipinski definition) is 0. The van der Waals surface area contributed by atoms with Gasteiger partial charge in [0.1, 0.15) is 11.6 Å². The van der Waals surface area contributed by atoms with E-state index in [1.807, 2.05) is 23.9 Å². The lowest BCUT2D eigenvalue weighted by atomic mass is 9.95. The lowest BCUT2D eigenvalue weighted by Gasteiger charge is -2.32. The number of piperidine rings is 1. The summed E-state index contributed by atoms with van der Waals surface area (Å²) in [6, 6.07) is 9.69. The van der Waals surface area contributed by atoms with Crippen LogP contribution < -0.4 is 4.74 Å². The predicted molar refractivity (Wildman–Crippen MR) is 136 cm³/mol. The molecule has 1 aliphatic rings. The first-order valence-electron chi connectivity index (χ1n) is 11.8. The molecule has 1 aromatic carbocycles. The van der Waals surface area contributed by atoms with Gasteiger partial charge >= 0.3 is 5.97 Å². The summed E-state index contributed by atoms with van der Waals surface area (Å²) in [6.07, 6.45) is 4.95. The molecular formula is C26H31FN2O3S2. The van der Waals surface area contributed by atoms with Crippen molar-refractivity contribution in [2.75, 3.05) is 39.1 Å². The zero-order valence-electron chi connectivity index (χ0n) is 19.5. The number of pyridine rings is 1. The van der Waals surface area contributed by atoms with Crippen LogP contribution in [0.1, 0.15) is 31.2 Å². The van der Waals surface area contributed by atoms with Crippen LogP contribution in [0.3, 0.4) is 0 Å². The van der Waals surface area contributed by atoms with Crippen molar-refractivity contribution in [3.63, 3.8) is 0 Å². The van der Waals surface area contributed by atoms with E-state index in [4.69, 9.17) is 9.47 Å². The van der Waals surface area contributed by atoms with Crippen molar-refractivity contribution in [1.82, 2.24) is 9.88 Å². The fourth-order valence-corrected chi connectivity index (χ4v) is 6.32. The molecule has 4 rings (SSSR count). The van der Waals surface area contributed by atoms with Crippen LogP contribution in [-0.4, -0.2) is 55.0 Å². The van der Waals surface area contributed by atoms with Crippen LogP contribution in [0.15, 0.2) is 46.1 Å². The average Bonchev–Trinajstić information content (AvgIpc) is 3.36. The van der Waals surface area contributed by atoms with Crippen LogP contribution >= 0.6 is 23.1 Å². The van der Waals surface area contributed by atoms with Crippen molar-refractivity contribution >= 4 is 40.0 Å². The van der Waals surface area contributed by atoms with Gasteiger partial charge in [-0.3, -0.25) is 9.78 Å². The van der Waals surface area contributed by atoms with E-state index >= 15 is 0 Å². The quantitative estimate of drug-likeness (QED) is 0.187. The van der Waals surface area contributed by atoms with E-state index in [1.165, 1.54) is 10.4 Å². The van der Waals surface area contributed by atoms with E-state index < -0.39 is 0 Å². The number of esters is 1. The number of aromatic nitrogens is 1. The maximum atomic E-state index is 14.4. The minimum Gasteiger partial charge on any atom is -0.497 e. The highest BCUT2D eigenvalue weighted by atomic mass is 32.2. The van der Waals surface area contributed by atoms with Gasteiger partial charge in [0.25, 0.3) is 0 Å². The maximum Gasteiger partial charge on any atom is 0.306 e. The second-order valence-electron chi connectivity index (χ2n) is 8.59. The Balaban J connectivity index is 1.19. The molecule has 0 N–H and O–H groups in total. The summed E-state index contributed by atoms with van der Waals surface area (Å²) in [5.41, 5.74) is 1.31. The molecule has 0 aliphatic carbocycles. The van der Waals surface area contributed by atoms with Crippen molar-refractivity contribution in [2.24, 2.45) is 5.92 Å². The van der Waals surface area contributed by atoms with Gasteiger partial charge in [0.05, 0.1) is 29.6 Å². The van der Waals surface area contributed by atoms with E-state index in [0.717, 1.165) is 49.1 Å². The molecule has 5 nitrogen and oxygen atoms in total. The van der Waals surface area contributed by atoms with Gasteiger partial charge in [-0.25, -0.2) is 4.39 Å². The lowest BCUT2D eigenvalue weighted by molar-refractivity contribution is -0.145. The first kappa shape index (κ1) is 24.9. The van der Waals surface area contributed by atoms with Gasteiger partial charge in [0, 0.05) is 30.6 Å². The van der Waals surface area contributed by atoms with Gasteiger partial charge < -0.3 is 14.4 Å². The van der Waals surface area contributed by atoms with Crippen LogP contribution in [0.25, 0.3) is 10.9 Å². The monoisotopic (exact) mass is 502 g/mol. The molecule has 3 heterocycles. The molecule has 1 saturated heterocycles. The van der Waals surface area contributed by atoms with E-state index in [-0.39, 0.29) is 11.8 Å². The predicted octanol–water partition coefficient (Wildman–Crippen LogP) is 5.81. The Morgan fingerprint density at radius 1 is 1.35 bits per heavy atom. The number of likely N-dealkylation sites (tertiary alicyclic amines) is 1. The zero-order chi connectivity index (χ0) is 23.8. The fraction of sp³-hybridized carbons (Fsp3) is 0.462. The van der Waals surface area contributed by atoms with Gasteiger partial charge in [-0.15, -0.1) is 23.1 Å². The second kappa shape index (κ2) is 12.5. The van der Waals surface area contributed by atoms with Gasteiger partial charge in [0.15, 0.2) is 0 Å². The van der Waals surface area contributed by atoms with Crippen LogP contribution in [-0.2, 0) is 16.0 Å². The first-order valence-corrected chi connectivity index (χ1v) is 13.6. The molecule has 1 fully saturated rings. The Kier molecular flexibility index (Phi) is 9.18. The van der Waals surface area contributed by atoms with E-state index in [1.54, 1.807) is 24.5 Å². The molecule has 1 aliphatic heterocycles. The number of halogens is 1. The smallest absolute Gasteiger partial charge is 0.306 e. The Morgan fingerprint density at radius 2 is 2.26 bits per heavy atom. The molecule has 0 spiro atoms. The molecule has 3 aromatic rings. The van der Waals surface area contributed by atoms with E-state index in [9.17, 15) is 9.18 Å². The number of fused-ring (bicyclic) bond motifs is 1. The van der Waals surface area contributed by atoms with Crippen LogP contribution in [0.2, 0.25) is 0 Å². The summed E-state index contributed by atoms with van der Waals surface area (Å²) < 4.78 is 26.6. The lowest BCUT2D eigenvalue weighted by Crippen LogP contribution is -2.37. The number of carbonyl (C=O) groups is 1. The SMILES string of the molecule is COc1ccc2ncc(F)c(CCCOC(=O)CC3CCCN(CCSc4cccs4)C3)c2c1. The Hall–Kier alpha value is -2.16. The highest BCUT2D eigenvalue weighted by Gasteiger charge is 2.22. The Bertz CT molecular complexity index is 1080. The number of thioether (sulfide) groups is 1. The molecule has 182 valence electrons. The van der Waals surface area contributed by atoms with E-state index in [2.05, 4.69) is 27.4 Å². The zero-order valence-corrected chi connectivity index (χ0v) is 21.1. The minimum atomic E-state index is -0.341. The average molecular weight is 503 g/mol.